The van der Waals surface area contributed by atoms with E-state index in [0.29, 0.717) is 12.2 Å². The largest absolute Gasteiger partial charge is 0.462 e. The van der Waals surface area contributed by atoms with E-state index >= 15 is 0 Å². The molecule has 0 saturated heterocycles. The molecule has 130 valence electrons. The summed E-state index contributed by atoms with van der Waals surface area (Å²) in [5.74, 6) is -0.306. The van der Waals surface area contributed by atoms with Gasteiger partial charge in [-0.1, -0.05) is 90.5 Å². The average Bonchev–Trinajstić information content (AvgIpc) is 2.68. The molecule has 0 aromatic heterocycles. The first-order chi connectivity index (χ1) is 12.7. The Morgan fingerprint density at radius 3 is 1.69 bits per heavy atom. The normalized spacial score (nSPS) is 10.2. The van der Waals surface area contributed by atoms with Crippen molar-refractivity contribution in [3.63, 3.8) is 0 Å². The van der Waals surface area contributed by atoms with Gasteiger partial charge in [0, 0.05) is 5.57 Å². The first-order valence-electron chi connectivity index (χ1n) is 8.80. The second kappa shape index (κ2) is 8.30. The van der Waals surface area contributed by atoms with Gasteiger partial charge in [0.25, 0.3) is 0 Å². The fourth-order valence-corrected chi connectivity index (χ4v) is 2.95. The van der Waals surface area contributed by atoms with Crippen LogP contribution in [0.3, 0.4) is 0 Å². The summed E-state index contributed by atoms with van der Waals surface area (Å²) in [6.07, 6.45) is 0. The summed E-state index contributed by atoms with van der Waals surface area (Å²) in [7, 11) is 0. The van der Waals surface area contributed by atoms with Crippen LogP contribution in [0.5, 0.6) is 0 Å². The smallest absolute Gasteiger partial charge is 0.339 e. The third-order valence-electron chi connectivity index (χ3n) is 4.19. The number of carbonyl (C=O) groups excluding carboxylic acids is 1. The van der Waals surface area contributed by atoms with Crippen LogP contribution in [-0.4, -0.2) is 12.6 Å². The van der Waals surface area contributed by atoms with E-state index in [-0.39, 0.29) is 5.97 Å². The number of carbonyl (C=O) groups is 1. The van der Waals surface area contributed by atoms with Crippen LogP contribution < -0.4 is 0 Å². The summed E-state index contributed by atoms with van der Waals surface area (Å²) in [6.45, 7) is 4.20. The van der Waals surface area contributed by atoms with Crippen LogP contribution in [0, 0.1) is 6.92 Å². The molecular weight excluding hydrogens is 320 g/mol. The van der Waals surface area contributed by atoms with E-state index in [9.17, 15) is 4.79 Å². The van der Waals surface area contributed by atoms with Crippen molar-refractivity contribution in [1.29, 1.82) is 0 Å². The van der Waals surface area contributed by atoms with Gasteiger partial charge < -0.3 is 4.74 Å². The molecule has 0 aliphatic carbocycles. The fourth-order valence-electron chi connectivity index (χ4n) is 2.95. The summed E-state index contributed by atoms with van der Waals surface area (Å²) in [5, 5.41) is 0. The van der Waals surface area contributed by atoms with E-state index < -0.39 is 0 Å². The Balaban J connectivity index is 2.32. The SMILES string of the molecule is CCOC(=O)C(=C(c1ccccc1)c1ccccc1)c1ccc(C)cc1. The van der Waals surface area contributed by atoms with Crippen molar-refractivity contribution >= 4 is 17.1 Å². The van der Waals surface area contributed by atoms with Crippen LogP contribution in [0.2, 0.25) is 0 Å². The molecule has 0 bridgehead atoms. The first-order valence-corrected chi connectivity index (χ1v) is 8.80. The average molecular weight is 342 g/mol. The summed E-state index contributed by atoms with van der Waals surface area (Å²) in [5.41, 5.74) is 5.46. The number of aryl methyl sites for hydroxylation is 1. The highest BCUT2D eigenvalue weighted by molar-refractivity contribution is 6.26. The standard InChI is InChI=1S/C24H22O2/c1-3-26-24(25)23(21-16-14-18(2)15-17-21)22(19-10-6-4-7-11-19)20-12-8-5-9-13-20/h4-17H,3H2,1-2H3. The zero-order chi connectivity index (χ0) is 18.4. The van der Waals surface area contributed by atoms with Crippen molar-refractivity contribution < 1.29 is 9.53 Å². The topological polar surface area (TPSA) is 26.3 Å². The number of rotatable bonds is 5. The molecular formula is C24H22O2. The zero-order valence-electron chi connectivity index (χ0n) is 15.1. The van der Waals surface area contributed by atoms with Crippen LogP contribution in [0.1, 0.15) is 29.2 Å². The van der Waals surface area contributed by atoms with E-state index in [2.05, 4.69) is 0 Å². The molecule has 2 heteroatoms. The maximum Gasteiger partial charge on any atom is 0.339 e. The molecule has 3 aromatic carbocycles. The molecule has 0 atom stereocenters. The van der Waals surface area contributed by atoms with Gasteiger partial charge >= 0.3 is 5.97 Å². The predicted molar refractivity (Wildman–Crippen MR) is 107 cm³/mol. The highest BCUT2D eigenvalue weighted by Crippen LogP contribution is 2.33. The summed E-state index contributed by atoms with van der Waals surface area (Å²) in [6, 6.07) is 28.0. The minimum Gasteiger partial charge on any atom is -0.462 e. The van der Waals surface area contributed by atoms with Crippen LogP contribution in [0.25, 0.3) is 11.1 Å². The van der Waals surface area contributed by atoms with Gasteiger partial charge in [-0.2, -0.15) is 0 Å². The van der Waals surface area contributed by atoms with Crippen molar-refractivity contribution in [2.24, 2.45) is 0 Å². The maximum atomic E-state index is 12.9. The van der Waals surface area contributed by atoms with E-state index in [0.717, 1.165) is 27.8 Å². The number of benzene rings is 3. The second-order valence-corrected chi connectivity index (χ2v) is 6.07. The molecule has 0 heterocycles. The Bertz CT molecular complexity index is 850. The van der Waals surface area contributed by atoms with Gasteiger partial charge in [0.2, 0.25) is 0 Å². The maximum absolute atomic E-state index is 12.9. The highest BCUT2D eigenvalue weighted by atomic mass is 16.5. The molecule has 0 spiro atoms. The molecule has 0 N–H and O–H groups in total. The lowest BCUT2D eigenvalue weighted by molar-refractivity contribution is -0.136. The van der Waals surface area contributed by atoms with Gasteiger partial charge in [-0.25, -0.2) is 4.79 Å². The minimum absolute atomic E-state index is 0.306. The Morgan fingerprint density at radius 1 is 0.731 bits per heavy atom. The molecule has 0 saturated carbocycles. The molecule has 0 amide bonds. The van der Waals surface area contributed by atoms with E-state index in [1.54, 1.807) is 0 Å². The quantitative estimate of drug-likeness (QED) is 0.347. The van der Waals surface area contributed by atoms with E-state index in [1.165, 1.54) is 0 Å². The van der Waals surface area contributed by atoms with Gasteiger partial charge in [-0.3, -0.25) is 0 Å². The highest BCUT2D eigenvalue weighted by Gasteiger charge is 2.21. The number of esters is 1. The molecule has 2 nitrogen and oxygen atoms in total. The second-order valence-electron chi connectivity index (χ2n) is 6.07. The van der Waals surface area contributed by atoms with Gasteiger partial charge in [0.15, 0.2) is 0 Å². The van der Waals surface area contributed by atoms with Crippen molar-refractivity contribution in [3.8, 4) is 0 Å². The van der Waals surface area contributed by atoms with Crippen molar-refractivity contribution in [3.05, 3.63) is 107 Å². The molecule has 0 fully saturated rings. The summed E-state index contributed by atoms with van der Waals surface area (Å²) >= 11 is 0. The Labute approximate surface area is 154 Å². The fraction of sp³-hybridized carbons (Fsp3) is 0.125. The first kappa shape index (κ1) is 17.7. The molecule has 0 aliphatic heterocycles. The monoisotopic (exact) mass is 342 g/mol. The molecule has 3 aromatic rings. The van der Waals surface area contributed by atoms with Crippen LogP contribution in [0.4, 0.5) is 0 Å². The van der Waals surface area contributed by atoms with Crippen molar-refractivity contribution in [2.75, 3.05) is 6.61 Å². The number of ether oxygens (including phenoxy) is 1. The molecule has 3 rings (SSSR count). The van der Waals surface area contributed by atoms with Crippen LogP contribution in [-0.2, 0) is 9.53 Å². The van der Waals surface area contributed by atoms with Crippen LogP contribution >= 0.6 is 0 Å². The molecule has 26 heavy (non-hydrogen) atoms. The van der Waals surface area contributed by atoms with Gasteiger partial charge in [0.1, 0.15) is 0 Å². The van der Waals surface area contributed by atoms with Crippen molar-refractivity contribution in [1.82, 2.24) is 0 Å². The lowest BCUT2D eigenvalue weighted by atomic mass is 9.89. The molecule has 0 radical (unpaired) electrons. The number of hydrogen-bond donors (Lipinski definition) is 0. The van der Waals surface area contributed by atoms with E-state index in [4.69, 9.17) is 4.74 Å². The molecule has 0 unspecified atom stereocenters. The van der Waals surface area contributed by atoms with Crippen molar-refractivity contribution in [2.45, 2.75) is 13.8 Å². The minimum atomic E-state index is -0.306. The van der Waals surface area contributed by atoms with E-state index in [1.807, 2.05) is 98.8 Å². The molecule has 0 aliphatic rings. The van der Waals surface area contributed by atoms with Gasteiger partial charge in [-0.05, 0) is 30.5 Å². The Morgan fingerprint density at radius 2 is 1.23 bits per heavy atom. The third kappa shape index (κ3) is 3.92. The lowest BCUT2D eigenvalue weighted by Crippen LogP contribution is -2.10. The predicted octanol–water partition coefficient (Wildman–Crippen LogP) is 5.52. The van der Waals surface area contributed by atoms with Gasteiger partial charge in [-0.15, -0.1) is 0 Å². The Kier molecular flexibility index (Phi) is 5.65. The summed E-state index contributed by atoms with van der Waals surface area (Å²) < 4.78 is 5.42. The van der Waals surface area contributed by atoms with Gasteiger partial charge in [0.05, 0.1) is 12.2 Å². The third-order valence-corrected chi connectivity index (χ3v) is 4.19. The lowest BCUT2D eigenvalue weighted by Gasteiger charge is -2.16. The Hall–Kier alpha value is -3.13. The summed E-state index contributed by atoms with van der Waals surface area (Å²) in [4.78, 5) is 12.9. The van der Waals surface area contributed by atoms with Crippen LogP contribution in [0.15, 0.2) is 84.9 Å². The number of hydrogen-bond acceptors (Lipinski definition) is 2. The zero-order valence-corrected chi connectivity index (χ0v) is 15.1.